The molecular formula is C23H25FN4OS. The summed E-state index contributed by atoms with van der Waals surface area (Å²) in [5.74, 6) is -0.177. The van der Waals surface area contributed by atoms with Crippen molar-refractivity contribution in [3.63, 3.8) is 0 Å². The van der Waals surface area contributed by atoms with Gasteiger partial charge in [-0.3, -0.25) is 19.6 Å². The molecule has 0 saturated heterocycles. The van der Waals surface area contributed by atoms with E-state index in [2.05, 4.69) is 9.88 Å². The maximum absolute atomic E-state index is 13.3. The van der Waals surface area contributed by atoms with Gasteiger partial charge in [0.15, 0.2) is 5.13 Å². The van der Waals surface area contributed by atoms with Gasteiger partial charge < -0.3 is 0 Å². The van der Waals surface area contributed by atoms with E-state index in [0.717, 1.165) is 47.9 Å². The molecule has 1 saturated carbocycles. The highest BCUT2D eigenvalue weighted by Crippen LogP contribution is 2.33. The topological polar surface area (TPSA) is 49.3 Å². The van der Waals surface area contributed by atoms with Crippen LogP contribution in [-0.4, -0.2) is 33.4 Å². The van der Waals surface area contributed by atoms with Gasteiger partial charge in [-0.1, -0.05) is 18.2 Å². The molecule has 156 valence electrons. The highest BCUT2D eigenvalue weighted by molar-refractivity contribution is 7.14. The second kappa shape index (κ2) is 9.45. The number of pyridine rings is 1. The number of nitrogens with zero attached hydrogens (tertiary/aromatic N) is 4. The minimum absolute atomic E-state index is 0.0525. The molecule has 7 heteroatoms. The van der Waals surface area contributed by atoms with Gasteiger partial charge in [0.25, 0.3) is 0 Å². The average Bonchev–Trinajstić information content (AvgIpc) is 3.47. The van der Waals surface area contributed by atoms with Crippen molar-refractivity contribution in [1.82, 2.24) is 14.9 Å². The summed E-state index contributed by atoms with van der Waals surface area (Å²) in [6.45, 7) is 3.77. The van der Waals surface area contributed by atoms with Crippen LogP contribution < -0.4 is 4.90 Å². The highest BCUT2D eigenvalue weighted by atomic mass is 32.1. The predicted octanol–water partition coefficient (Wildman–Crippen LogP) is 4.44. The van der Waals surface area contributed by atoms with Crippen LogP contribution in [0.15, 0.2) is 54.0 Å². The van der Waals surface area contributed by atoms with E-state index >= 15 is 0 Å². The van der Waals surface area contributed by atoms with Crippen LogP contribution in [0.2, 0.25) is 0 Å². The zero-order valence-corrected chi connectivity index (χ0v) is 17.8. The molecule has 1 aromatic carbocycles. The predicted molar refractivity (Wildman–Crippen MR) is 117 cm³/mol. The Morgan fingerprint density at radius 1 is 1.13 bits per heavy atom. The van der Waals surface area contributed by atoms with Gasteiger partial charge in [0.2, 0.25) is 5.91 Å². The smallest absolute Gasteiger partial charge is 0.225 e. The summed E-state index contributed by atoms with van der Waals surface area (Å²) < 4.78 is 13.3. The molecule has 3 aromatic rings. The summed E-state index contributed by atoms with van der Waals surface area (Å²) in [7, 11) is 0. The van der Waals surface area contributed by atoms with Crippen molar-refractivity contribution in [3.05, 3.63) is 76.8 Å². The van der Waals surface area contributed by atoms with E-state index in [9.17, 15) is 9.18 Å². The first-order valence-corrected chi connectivity index (χ1v) is 11.1. The third-order valence-electron chi connectivity index (χ3n) is 5.11. The Labute approximate surface area is 180 Å². The molecule has 5 nitrogen and oxygen atoms in total. The number of hydrogen-bond acceptors (Lipinski definition) is 5. The number of amides is 1. The zero-order valence-electron chi connectivity index (χ0n) is 17.0. The van der Waals surface area contributed by atoms with Crippen molar-refractivity contribution in [3.8, 4) is 0 Å². The first-order valence-electron chi connectivity index (χ1n) is 10.2. The molecular weight excluding hydrogens is 399 g/mol. The third kappa shape index (κ3) is 5.49. The number of anilines is 1. The van der Waals surface area contributed by atoms with Gasteiger partial charge >= 0.3 is 0 Å². The molecule has 1 aliphatic carbocycles. The fourth-order valence-electron chi connectivity index (χ4n) is 3.47. The quantitative estimate of drug-likeness (QED) is 0.510. The SMILES string of the molecule is CC(=O)N(c1nc(CN(CCc2ccccn2)Cc2ccc(F)cc2)cs1)C1CC1. The second-order valence-electron chi connectivity index (χ2n) is 7.65. The molecule has 0 aliphatic heterocycles. The second-order valence-corrected chi connectivity index (χ2v) is 8.49. The van der Waals surface area contributed by atoms with Crippen LogP contribution in [0.25, 0.3) is 0 Å². The number of hydrogen-bond donors (Lipinski definition) is 0. The Morgan fingerprint density at radius 3 is 2.60 bits per heavy atom. The summed E-state index contributed by atoms with van der Waals surface area (Å²) in [4.78, 5) is 25.3. The minimum Gasteiger partial charge on any atom is -0.293 e. The van der Waals surface area contributed by atoms with Crippen LogP contribution in [0.1, 0.15) is 36.7 Å². The van der Waals surface area contributed by atoms with E-state index in [1.54, 1.807) is 13.1 Å². The monoisotopic (exact) mass is 424 g/mol. The summed E-state index contributed by atoms with van der Waals surface area (Å²) in [5, 5.41) is 2.82. The Hall–Kier alpha value is -2.64. The lowest BCUT2D eigenvalue weighted by Gasteiger charge is -2.22. The molecule has 2 aromatic heterocycles. The summed E-state index contributed by atoms with van der Waals surface area (Å²) >= 11 is 1.52. The van der Waals surface area contributed by atoms with E-state index in [1.165, 1.54) is 23.5 Å². The van der Waals surface area contributed by atoms with Gasteiger partial charge in [-0.25, -0.2) is 9.37 Å². The van der Waals surface area contributed by atoms with Gasteiger partial charge in [0, 0.05) is 56.3 Å². The molecule has 0 bridgehead atoms. The van der Waals surface area contributed by atoms with Crippen LogP contribution in [0.3, 0.4) is 0 Å². The van der Waals surface area contributed by atoms with Gasteiger partial charge in [0.1, 0.15) is 5.82 Å². The van der Waals surface area contributed by atoms with E-state index in [0.29, 0.717) is 19.1 Å². The largest absolute Gasteiger partial charge is 0.293 e. The fourth-order valence-corrected chi connectivity index (χ4v) is 4.40. The Balaban J connectivity index is 1.47. The van der Waals surface area contributed by atoms with Gasteiger partial charge in [0.05, 0.1) is 5.69 Å². The van der Waals surface area contributed by atoms with Crippen molar-refractivity contribution in [2.24, 2.45) is 0 Å². The van der Waals surface area contributed by atoms with Crippen molar-refractivity contribution in [1.29, 1.82) is 0 Å². The molecule has 0 spiro atoms. The normalized spacial score (nSPS) is 13.6. The third-order valence-corrected chi connectivity index (χ3v) is 6.00. The molecule has 4 rings (SSSR count). The molecule has 1 fully saturated rings. The molecule has 2 heterocycles. The number of carbonyl (C=O) groups is 1. The number of carbonyl (C=O) groups excluding carboxylic acids is 1. The average molecular weight is 425 g/mol. The molecule has 0 radical (unpaired) electrons. The highest BCUT2D eigenvalue weighted by Gasteiger charge is 2.33. The van der Waals surface area contributed by atoms with E-state index < -0.39 is 0 Å². The van der Waals surface area contributed by atoms with Gasteiger partial charge in [-0.15, -0.1) is 11.3 Å². The Morgan fingerprint density at radius 2 is 1.93 bits per heavy atom. The van der Waals surface area contributed by atoms with Crippen molar-refractivity contribution in [2.75, 3.05) is 11.4 Å². The van der Waals surface area contributed by atoms with E-state index in [4.69, 9.17) is 4.98 Å². The number of halogens is 1. The molecule has 30 heavy (non-hydrogen) atoms. The van der Waals surface area contributed by atoms with Gasteiger partial charge in [-0.05, 0) is 42.7 Å². The lowest BCUT2D eigenvalue weighted by Crippen LogP contribution is -2.30. The van der Waals surface area contributed by atoms with E-state index in [1.807, 2.05) is 40.6 Å². The number of rotatable bonds is 9. The van der Waals surface area contributed by atoms with Crippen LogP contribution in [-0.2, 0) is 24.3 Å². The van der Waals surface area contributed by atoms with Crippen LogP contribution in [0.4, 0.5) is 9.52 Å². The summed E-state index contributed by atoms with van der Waals surface area (Å²) in [6, 6.07) is 12.9. The Bertz CT molecular complexity index is 972. The number of benzene rings is 1. The molecule has 1 aliphatic rings. The first kappa shape index (κ1) is 20.6. The van der Waals surface area contributed by atoms with Crippen LogP contribution >= 0.6 is 11.3 Å². The standard InChI is InChI=1S/C23H25FN4OS/c1-17(29)28(22-9-10-22)23-26-21(16-30-23)15-27(13-11-20-4-2-3-12-25-20)14-18-5-7-19(24)8-6-18/h2-8,12,16,22H,9-11,13-15H2,1H3. The Kier molecular flexibility index (Phi) is 6.50. The zero-order chi connectivity index (χ0) is 20.9. The summed E-state index contributed by atoms with van der Waals surface area (Å²) in [5.41, 5.74) is 3.04. The van der Waals surface area contributed by atoms with Crippen molar-refractivity contribution in [2.45, 2.75) is 45.3 Å². The van der Waals surface area contributed by atoms with Crippen molar-refractivity contribution >= 4 is 22.4 Å². The molecule has 0 N–H and O–H groups in total. The molecule has 1 amide bonds. The molecule has 0 atom stereocenters. The van der Waals surface area contributed by atoms with Gasteiger partial charge in [-0.2, -0.15) is 0 Å². The fraction of sp³-hybridized carbons (Fsp3) is 0.348. The lowest BCUT2D eigenvalue weighted by atomic mass is 10.2. The maximum atomic E-state index is 13.3. The number of thiazole rings is 1. The molecule has 0 unspecified atom stereocenters. The van der Waals surface area contributed by atoms with Crippen LogP contribution in [0.5, 0.6) is 0 Å². The maximum Gasteiger partial charge on any atom is 0.225 e. The lowest BCUT2D eigenvalue weighted by molar-refractivity contribution is -0.116. The van der Waals surface area contributed by atoms with Crippen molar-refractivity contribution < 1.29 is 9.18 Å². The van der Waals surface area contributed by atoms with E-state index in [-0.39, 0.29) is 11.7 Å². The minimum atomic E-state index is -0.229. The first-order chi connectivity index (χ1) is 14.6. The number of aromatic nitrogens is 2. The van der Waals surface area contributed by atoms with Crippen LogP contribution in [0, 0.1) is 5.82 Å². The summed E-state index contributed by atoms with van der Waals surface area (Å²) in [6.07, 6.45) is 4.73.